The summed E-state index contributed by atoms with van der Waals surface area (Å²) in [7, 11) is 0. The van der Waals surface area contributed by atoms with Crippen molar-refractivity contribution < 1.29 is 8.92 Å². The van der Waals surface area contributed by atoms with Gasteiger partial charge in [0, 0.05) is 51.2 Å². The molecule has 0 saturated carbocycles. The van der Waals surface area contributed by atoms with Crippen molar-refractivity contribution >= 4 is 24.1 Å². The maximum absolute atomic E-state index is 11.8. The van der Waals surface area contributed by atoms with Gasteiger partial charge in [0.2, 0.25) is 0 Å². The van der Waals surface area contributed by atoms with Crippen LogP contribution < -0.4 is 16.2 Å². The van der Waals surface area contributed by atoms with Crippen molar-refractivity contribution in [2.45, 2.75) is 38.3 Å². The summed E-state index contributed by atoms with van der Waals surface area (Å²) in [5, 5.41) is 13.7. The average molecular weight is 369 g/mol. The molecule has 1 aromatic rings. The monoisotopic (exact) mass is 369 g/mol. The first kappa shape index (κ1) is 19.9. The van der Waals surface area contributed by atoms with E-state index >= 15 is 0 Å². The van der Waals surface area contributed by atoms with Gasteiger partial charge in [0.1, 0.15) is 11.6 Å². The van der Waals surface area contributed by atoms with E-state index in [2.05, 4.69) is 20.6 Å². The van der Waals surface area contributed by atoms with E-state index < -0.39 is 0 Å². The standard InChI is InChI=1S/C12H18N4O2.C4H9NOS/c1-2-10-15-11(9(7-13)12(17)16-10)14-8-3-5-18-6-4-8;1-7-6-4-2-5-3-4/h7-8,13H,2-6H2,1H3,(H2,14,15,16,17);4-5H,2-3H2,1H3. The van der Waals surface area contributed by atoms with Crippen LogP contribution in [0.3, 0.4) is 0 Å². The van der Waals surface area contributed by atoms with Crippen LogP contribution in [0.4, 0.5) is 5.82 Å². The lowest BCUT2D eigenvalue weighted by Crippen LogP contribution is -2.47. The van der Waals surface area contributed by atoms with Gasteiger partial charge < -0.3 is 29.9 Å². The van der Waals surface area contributed by atoms with Crippen molar-refractivity contribution in [3.8, 4) is 0 Å². The van der Waals surface area contributed by atoms with E-state index in [4.69, 9.17) is 14.3 Å². The molecule has 0 aromatic carbocycles. The molecular formula is C16H27N5O3S. The van der Waals surface area contributed by atoms with Gasteiger partial charge in [-0.15, -0.1) is 0 Å². The number of hydrogen-bond donors (Lipinski definition) is 4. The fourth-order valence-electron chi connectivity index (χ4n) is 2.44. The second-order valence-electron chi connectivity index (χ2n) is 5.85. The Kier molecular flexibility index (Phi) is 8.39. The minimum Gasteiger partial charge on any atom is -0.381 e. The molecule has 2 fully saturated rings. The van der Waals surface area contributed by atoms with Crippen LogP contribution in [0.1, 0.15) is 31.2 Å². The van der Waals surface area contributed by atoms with Crippen LogP contribution >= 0.6 is 12.0 Å². The summed E-state index contributed by atoms with van der Waals surface area (Å²) in [5.41, 5.74) is 0.0325. The Morgan fingerprint density at radius 1 is 1.44 bits per heavy atom. The lowest BCUT2D eigenvalue weighted by atomic mass is 10.1. The molecule has 0 spiro atoms. The molecule has 140 valence electrons. The second-order valence-corrected chi connectivity index (χ2v) is 6.37. The molecular weight excluding hydrogens is 342 g/mol. The number of anilines is 1. The number of aromatic nitrogens is 2. The minimum absolute atomic E-state index is 0.258. The Bertz CT molecular complexity index is 600. The zero-order chi connectivity index (χ0) is 18.1. The quantitative estimate of drug-likeness (QED) is 0.440. The van der Waals surface area contributed by atoms with Crippen molar-refractivity contribution in [3.05, 3.63) is 21.7 Å². The predicted molar refractivity (Wildman–Crippen MR) is 101 cm³/mol. The van der Waals surface area contributed by atoms with Gasteiger partial charge >= 0.3 is 0 Å². The lowest BCUT2D eigenvalue weighted by molar-refractivity contribution is 0.0904. The zero-order valence-electron chi connectivity index (χ0n) is 14.8. The molecule has 2 saturated heterocycles. The number of hydrogen-bond acceptors (Lipinski definition) is 8. The Morgan fingerprint density at radius 2 is 2.16 bits per heavy atom. The summed E-state index contributed by atoms with van der Waals surface area (Å²) in [5.74, 6) is 1.15. The summed E-state index contributed by atoms with van der Waals surface area (Å²) in [4.78, 5) is 18.8. The topological polar surface area (TPSA) is 112 Å². The third-order valence-corrected chi connectivity index (χ3v) is 4.49. The van der Waals surface area contributed by atoms with Crippen molar-refractivity contribution in [1.29, 1.82) is 5.41 Å². The first-order chi connectivity index (χ1) is 12.2. The van der Waals surface area contributed by atoms with Crippen molar-refractivity contribution in [2.75, 3.05) is 37.9 Å². The van der Waals surface area contributed by atoms with E-state index in [0.29, 0.717) is 29.7 Å². The van der Waals surface area contributed by atoms with Crippen LogP contribution in [0.5, 0.6) is 0 Å². The molecule has 0 unspecified atom stereocenters. The first-order valence-electron chi connectivity index (χ1n) is 8.56. The number of aryl methyl sites for hydroxylation is 1. The highest BCUT2D eigenvalue weighted by Gasteiger charge is 2.17. The molecule has 0 amide bonds. The van der Waals surface area contributed by atoms with Gasteiger partial charge in [-0.3, -0.25) is 4.79 Å². The summed E-state index contributed by atoms with van der Waals surface area (Å²) in [6.45, 7) is 5.44. The molecule has 3 rings (SSSR count). The second kappa shape index (κ2) is 10.5. The lowest BCUT2D eigenvalue weighted by Gasteiger charge is -2.24. The Morgan fingerprint density at radius 3 is 2.64 bits per heavy atom. The molecule has 0 bridgehead atoms. The van der Waals surface area contributed by atoms with E-state index in [9.17, 15) is 4.79 Å². The molecule has 3 heterocycles. The molecule has 0 atom stereocenters. The van der Waals surface area contributed by atoms with Crippen molar-refractivity contribution in [2.24, 2.45) is 0 Å². The number of nitrogens with one attached hydrogen (secondary N) is 4. The molecule has 1 aromatic heterocycles. The van der Waals surface area contributed by atoms with Gasteiger partial charge in [-0.05, 0) is 24.9 Å². The van der Waals surface area contributed by atoms with Gasteiger partial charge in [0.05, 0.1) is 11.7 Å². The van der Waals surface area contributed by atoms with Gasteiger partial charge in [-0.2, -0.15) is 0 Å². The number of nitrogens with zero attached hydrogens (tertiary/aromatic N) is 1. The molecule has 25 heavy (non-hydrogen) atoms. The molecule has 0 radical (unpaired) electrons. The average Bonchev–Trinajstić information content (AvgIpc) is 2.59. The largest absolute Gasteiger partial charge is 0.381 e. The Hall–Kier alpha value is -1.42. The SMILES string of the molecule is CCc1nc(NC2CCOCC2)c(C=N)c(=O)[nH]1.CSOC1CNC1. The third kappa shape index (κ3) is 6.10. The maximum atomic E-state index is 11.8. The molecule has 9 heteroatoms. The van der Waals surface area contributed by atoms with E-state index in [0.717, 1.165) is 45.4 Å². The normalized spacial score (nSPS) is 18.0. The van der Waals surface area contributed by atoms with E-state index in [1.165, 1.54) is 12.0 Å². The summed E-state index contributed by atoms with van der Waals surface area (Å²) >= 11 is 1.45. The van der Waals surface area contributed by atoms with E-state index in [-0.39, 0.29) is 11.6 Å². The van der Waals surface area contributed by atoms with Crippen molar-refractivity contribution in [1.82, 2.24) is 15.3 Å². The van der Waals surface area contributed by atoms with Gasteiger partial charge in [-0.25, -0.2) is 4.98 Å². The summed E-state index contributed by atoms with van der Waals surface area (Å²) < 4.78 is 10.4. The number of rotatable bonds is 6. The van der Waals surface area contributed by atoms with Gasteiger partial charge in [0.25, 0.3) is 5.56 Å². The van der Waals surface area contributed by atoms with Crippen LogP contribution in [0.15, 0.2) is 4.79 Å². The van der Waals surface area contributed by atoms with Crippen LogP contribution in [-0.4, -0.2) is 60.9 Å². The maximum Gasteiger partial charge on any atom is 0.261 e. The molecule has 8 nitrogen and oxygen atoms in total. The van der Waals surface area contributed by atoms with Crippen LogP contribution in [0.2, 0.25) is 0 Å². The molecule has 4 N–H and O–H groups in total. The van der Waals surface area contributed by atoms with Gasteiger partial charge in [0.15, 0.2) is 0 Å². The molecule has 2 aliphatic rings. The Balaban J connectivity index is 0.000000269. The fraction of sp³-hybridized carbons (Fsp3) is 0.688. The summed E-state index contributed by atoms with van der Waals surface area (Å²) in [6, 6.07) is 0.261. The van der Waals surface area contributed by atoms with Crippen LogP contribution in [0.25, 0.3) is 0 Å². The minimum atomic E-state index is -0.258. The number of H-pyrrole nitrogens is 1. The molecule has 0 aliphatic carbocycles. The van der Waals surface area contributed by atoms with Crippen LogP contribution in [0, 0.1) is 5.41 Å². The first-order valence-corrected chi connectivity index (χ1v) is 9.71. The van der Waals surface area contributed by atoms with E-state index in [1.54, 1.807) is 0 Å². The third-order valence-electron chi connectivity index (χ3n) is 4.02. The van der Waals surface area contributed by atoms with Crippen molar-refractivity contribution in [3.63, 3.8) is 0 Å². The zero-order valence-corrected chi connectivity index (χ0v) is 15.6. The number of ether oxygens (including phenoxy) is 1. The number of aromatic amines is 1. The highest BCUT2D eigenvalue weighted by atomic mass is 32.2. The fourth-order valence-corrected chi connectivity index (χ4v) is 2.85. The molecule has 2 aliphatic heterocycles. The highest BCUT2D eigenvalue weighted by molar-refractivity contribution is 7.93. The highest BCUT2D eigenvalue weighted by Crippen LogP contribution is 2.14. The van der Waals surface area contributed by atoms with Crippen LogP contribution in [-0.2, 0) is 15.3 Å². The van der Waals surface area contributed by atoms with Gasteiger partial charge in [-0.1, -0.05) is 6.92 Å². The predicted octanol–water partition coefficient (Wildman–Crippen LogP) is 1.17. The Labute approximate surface area is 152 Å². The summed E-state index contributed by atoms with van der Waals surface area (Å²) in [6.07, 6.45) is 5.93. The van der Waals surface area contributed by atoms with E-state index in [1.807, 2.05) is 13.2 Å². The smallest absolute Gasteiger partial charge is 0.261 e.